The minimum absolute atomic E-state index is 0.0428. The molecule has 0 bridgehead atoms. The first-order valence-corrected chi connectivity index (χ1v) is 3.91. The van der Waals surface area contributed by atoms with Gasteiger partial charge in [0, 0.05) is 6.20 Å². The molecule has 0 spiro atoms. The molecule has 14 heavy (non-hydrogen) atoms. The summed E-state index contributed by atoms with van der Waals surface area (Å²) < 4.78 is 1.26. The molecule has 2 aromatic heterocycles. The number of carbonyl (C=O) groups is 1. The molecule has 2 heterocycles. The van der Waals surface area contributed by atoms with Crippen LogP contribution in [-0.4, -0.2) is 25.7 Å². The topological polar surface area (TPSA) is 87.5 Å². The summed E-state index contributed by atoms with van der Waals surface area (Å²) >= 11 is 0. The average molecular weight is 193 g/mol. The fourth-order valence-electron chi connectivity index (χ4n) is 1.31. The number of aromatic nitrogens is 3. The molecule has 6 heteroatoms. The van der Waals surface area contributed by atoms with Crippen LogP contribution in [0.15, 0.2) is 17.1 Å². The van der Waals surface area contributed by atoms with Crippen molar-refractivity contribution < 1.29 is 9.90 Å². The van der Waals surface area contributed by atoms with Gasteiger partial charge in [0.05, 0.1) is 5.56 Å². The molecule has 0 aliphatic heterocycles. The first kappa shape index (κ1) is 8.49. The largest absolute Gasteiger partial charge is 0.478 e. The van der Waals surface area contributed by atoms with Gasteiger partial charge in [0.25, 0.3) is 5.56 Å². The molecule has 0 unspecified atom stereocenters. The first-order valence-electron chi connectivity index (χ1n) is 3.91. The first-order chi connectivity index (χ1) is 6.59. The van der Waals surface area contributed by atoms with E-state index in [4.69, 9.17) is 5.11 Å². The summed E-state index contributed by atoms with van der Waals surface area (Å²) in [4.78, 5) is 24.6. The highest BCUT2D eigenvalue weighted by Crippen LogP contribution is 2.06. The van der Waals surface area contributed by atoms with Crippen LogP contribution in [0.1, 0.15) is 16.2 Å². The van der Waals surface area contributed by atoms with E-state index in [0.717, 1.165) is 0 Å². The number of carboxylic acids is 1. The molecule has 0 fully saturated rings. The van der Waals surface area contributed by atoms with E-state index in [2.05, 4.69) is 10.1 Å². The molecule has 0 saturated heterocycles. The Morgan fingerprint density at radius 1 is 1.64 bits per heavy atom. The van der Waals surface area contributed by atoms with Gasteiger partial charge in [-0.3, -0.25) is 4.79 Å². The molecule has 0 aromatic carbocycles. The molecule has 0 saturated carbocycles. The van der Waals surface area contributed by atoms with E-state index < -0.39 is 11.5 Å². The molecule has 0 amide bonds. The fourth-order valence-corrected chi connectivity index (χ4v) is 1.31. The molecule has 2 aromatic rings. The summed E-state index contributed by atoms with van der Waals surface area (Å²) in [5.74, 6) is -0.696. The Bertz CT molecular complexity index is 567. The second kappa shape index (κ2) is 2.69. The fraction of sp³-hybridized carbons (Fsp3) is 0.125. The lowest BCUT2D eigenvalue weighted by Crippen LogP contribution is -2.15. The summed E-state index contributed by atoms with van der Waals surface area (Å²) in [6.07, 6.45) is 1.45. The van der Waals surface area contributed by atoms with Gasteiger partial charge in [-0.2, -0.15) is 5.10 Å². The number of H-pyrrole nitrogens is 1. The standard InChI is InChI=1S/C8H7N3O3/c1-4-9-7(12)6-5(8(13)14)2-3-11(6)10-4/h2-3H,1H3,(H,13,14)(H,9,10,12). The predicted octanol–water partition coefficient (Wildman–Crippen LogP) is 0.0292. The van der Waals surface area contributed by atoms with E-state index in [-0.39, 0.29) is 11.1 Å². The van der Waals surface area contributed by atoms with E-state index >= 15 is 0 Å². The van der Waals surface area contributed by atoms with Crippen molar-refractivity contribution in [2.45, 2.75) is 6.92 Å². The van der Waals surface area contributed by atoms with Gasteiger partial charge in [0.15, 0.2) is 0 Å². The number of nitrogens with zero attached hydrogens (tertiary/aromatic N) is 2. The lowest BCUT2D eigenvalue weighted by Gasteiger charge is -1.95. The quantitative estimate of drug-likeness (QED) is 0.668. The van der Waals surface area contributed by atoms with Crippen LogP contribution in [0.2, 0.25) is 0 Å². The molecular formula is C8H7N3O3. The third-order valence-corrected chi connectivity index (χ3v) is 1.86. The van der Waals surface area contributed by atoms with Crippen LogP contribution in [0.5, 0.6) is 0 Å². The smallest absolute Gasteiger partial charge is 0.338 e. The highest BCUT2D eigenvalue weighted by Gasteiger charge is 2.13. The SMILES string of the molecule is Cc1nn2ccc(C(=O)O)c2c(=O)[nH]1. The molecule has 0 radical (unpaired) electrons. The van der Waals surface area contributed by atoms with Gasteiger partial charge in [0.2, 0.25) is 0 Å². The number of aromatic amines is 1. The summed E-state index contributed by atoms with van der Waals surface area (Å²) in [7, 11) is 0. The monoisotopic (exact) mass is 193 g/mol. The Balaban J connectivity index is 2.93. The maximum absolute atomic E-state index is 11.4. The van der Waals surface area contributed by atoms with Crippen LogP contribution in [0, 0.1) is 6.92 Å². The number of hydrogen-bond donors (Lipinski definition) is 2. The van der Waals surface area contributed by atoms with Gasteiger partial charge < -0.3 is 10.1 Å². The molecule has 0 aliphatic rings. The van der Waals surface area contributed by atoms with Gasteiger partial charge in [-0.15, -0.1) is 0 Å². The second-order valence-electron chi connectivity index (χ2n) is 2.87. The highest BCUT2D eigenvalue weighted by atomic mass is 16.4. The van der Waals surface area contributed by atoms with Crippen LogP contribution in [0.3, 0.4) is 0 Å². The number of aromatic carboxylic acids is 1. The van der Waals surface area contributed by atoms with Crippen molar-refractivity contribution in [2.75, 3.05) is 0 Å². The van der Waals surface area contributed by atoms with Gasteiger partial charge in [-0.1, -0.05) is 0 Å². The zero-order valence-electron chi connectivity index (χ0n) is 7.31. The van der Waals surface area contributed by atoms with Gasteiger partial charge in [0.1, 0.15) is 11.3 Å². The molecule has 72 valence electrons. The van der Waals surface area contributed by atoms with Crippen LogP contribution in [0.4, 0.5) is 0 Å². The summed E-state index contributed by atoms with van der Waals surface area (Å²) in [5, 5.41) is 12.7. The number of hydrogen-bond acceptors (Lipinski definition) is 3. The molecule has 2 rings (SSSR count). The minimum atomic E-state index is -1.14. The summed E-state index contributed by atoms with van der Waals surface area (Å²) in [5.41, 5.74) is -0.429. The van der Waals surface area contributed by atoms with Crippen molar-refractivity contribution in [1.29, 1.82) is 0 Å². The zero-order valence-corrected chi connectivity index (χ0v) is 7.31. The van der Waals surface area contributed by atoms with Crippen molar-refractivity contribution in [3.05, 3.63) is 34.0 Å². The van der Waals surface area contributed by atoms with Gasteiger partial charge in [-0.25, -0.2) is 9.31 Å². The minimum Gasteiger partial charge on any atom is -0.478 e. The Labute approximate surface area is 77.8 Å². The average Bonchev–Trinajstić information content (AvgIpc) is 2.47. The number of nitrogens with one attached hydrogen (secondary N) is 1. The van der Waals surface area contributed by atoms with Crippen molar-refractivity contribution in [2.24, 2.45) is 0 Å². The van der Waals surface area contributed by atoms with Crippen molar-refractivity contribution in [3.8, 4) is 0 Å². The van der Waals surface area contributed by atoms with Crippen molar-refractivity contribution in [3.63, 3.8) is 0 Å². The second-order valence-corrected chi connectivity index (χ2v) is 2.87. The third-order valence-electron chi connectivity index (χ3n) is 1.86. The van der Waals surface area contributed by atoms with Gasteiger partial charge >= 0.3 is 5.97 Å². The van der Waals surface area contributed by atoms with Crippen molar-refractivity contribution >= 4 is 11.5 Å². The number of carboxylic acid groups (broad SMARTS) is 1. The summed E-state index contributed by atoms with van der Waals surface area (Å²) in [6, 6.07) is 1.35. The lowest BCUT2D eigenvalue weighted by atomic mass is 10.3. The number of fused-ring (bicyclic) bond motifs is 1. The molecule has 2 N–H and O–H groups in total. The molecular weight excluding hydrogens is 186 g/mol. The van der Waals surface area contributed by atoms with Crippen molar-refractivity contribution in [1.82, 2.24) is 14.6 Å². The Hall–Kier alpha value is -2.11. The van der Waals surface area contributed by atoms with E-state index in [1.54, 1.807) is 6.92 Å². The molecule has 0 aliphatic carbocycles. The number of rotatable bonds is 1. The van der Waals surface area contributed by atoms with E-state index in [1.807, 2.05) is 0 Å². The summed E-state index contributed by atoms with van der Waals surface area (Å²) in [6.45, 7) is 1.63. The van der Waals surface area contributed by atoms with Crippen LogP contribution in [0.25, 0.3) is 5.52 Å². The third kappa shape index (κ3) is 1.08. The Morgan fingerprint density at radius 3 is 3.00 bits per heavy atom. The van der Waals surface area contributed by atoms with Crippen LogP contribution in [-0.2, 0) is 0 Å². The van der Waals surface area contributed by atoms with E-state index in [9.17, 15) is 9.59 Å². The maximum atomic E-state index is 11.4. The Kier molecular flexibility index (Phi) is 1.63. The Morgan fingerprint density at radius 2 is 2.36 bits per heavy atom. The van der Waals surface area contributed by atoms with E-state index in [0.29, 0.717) is 5.82 Å². The normalized spacial score (nSPS) is 10.6. The maximum Gasteiger partial charge on any atom is 0.338 e. The van der Waals surface area contributed by atoms with Crippen LogP contribution >= 0.6 is 0 Å². The molecule has 6 nitrogen and oxygen atoms in total. The lowest BCUT2D eigenvalue weighted by molar-refractivity contribution is 0.0699. The number of aryl methyl sites for hydroxylation is 1. The highest BCUT2D eigenvalue weighted by molar-refractivity contribution is 5.95. The molecule has 0 atom stereocenters. The predicted molar refractivity (Wildman–Crippen MR) is 47.5 cm³/mol. The van der Waals surface area contributed by atoms with Crippen LogP contribution < -0.4 is 5.56 Å². The van der Waals surface area contributed by atoms with Gasteiger partial charge in [-0.05, 0) is 13.0 Å². The van der Waals surface area contributed by atoms with E-state index in [1.165, 1.54) is 16.8 Å². The zero-order chi connectivity index (χ0) is 10.3.